The van der Waals surface area contributed by atoms with Gasteiger partial charge in [0.15, 0.2) is 0 Å². The Morgan fingerprint density at radius 2 is 1.05 bits per heavy atom. The first-order valence-corrected chi connectivity index (χ1v) is 17.0. The molecule has 0 saturated carbocycles. The number of unbranched alkanes of at least 4 members (excludes halogenated alkanes) is 5. The van der Waals surface area contributed by atoms with E-state index in [9.17, 15) is 5.11 Å². The van der Waals surface area contributed by atoms with Crippen molar-refractivity contribution in [2.45, 2.75) is 109 Å². The molecule has 0 spiro atoms. The zero-order valence-corrected chi connectivity index (χ0v) is 17.6. The van der Waals surface area contributed by atoms with Crippen molar-refractivity contribution in [1.29, 1.82) is 0 Å². The van der Waals surface area contributed by atoms with Crippen LogP contribution >= 0.6 is 0 Å². The number of aliphatic hydroxyl groups excluding tert-OH is 1. The van der Waals surface area contributed by atoms with Crippen molar-refractivity contribution in [2.24, 2.45) is 0 Å². The molecule has 20 heavy (non-hydrogen) atoms. The predicted molar refractivity (Wildman–Crippen MR) is 95.0 cm³/mol. The quantitative estimate of drug-likeness (QED) is 0.272. The molecule has 0 aliphatic heterocycles. The zero-order valence-electron chi connectivity index (χ0n) is 14.7. The van der Waals surface area contributed by atoms with Gasteiger partial charge < -0.3 is 0 Å². The van der Waals surface area contributed by atoms with Crippen molar-refractivity contribution in [3.63, 3.8) is 0 Å². The molecule has 0 aromatic carbocycles. The van der Waals surface area contributed by atoms with Crippen molar-refractivity contribution in [3.8, 4) is 0 Å². The Bertz CT molecular complexity index is 184. The number of hydrogen-bond acceptors (Lipinski definition) is 1. The van der Waals surface area contributed by atoms with Gasteiger partial charge in [-0.1, -0.05) is 0 Å². The second kappa shape index (κ2) is 13.4. The Kier molecular flexibility index (Phi) is 13.9. The molecule has 0 aliphatic carbocycles. The van der Waals surface area contributed by atoms with Gasteiger partial charge in [0, 0.05) is 0 Å². The van der Waals surface area contributed by atoms with Crippen LogP contribution in [-0.2, 0) is 0 Å². The third-order valence-electron chi connectivity index (χ3n) is 4.87. The van der Waals surface area contributed by atoms with Gasteiger partial charge in [0.2, 0.25) is 0 Å². The average Bonchev–Trinajstić information content (AvgIpc) is 2.47. The van der Waals surface area contributed by atoms with Crippen molar-refractivity contribution < 1.29 is 5.11 Å². The van der Waals surface area contributed by atoms with Crippen LogP contribution in [0, 0.1) is 0 Å². The fraction of sp³-hybridized carbons (Fsp3) is 1.00. The Morgan fingerprint density at radius 1 is 0.650 bits per heavy atom. The minimum atomic E-state index is -2.31. The molecule has 0 aromatic heterocycles. The van der Waals surface area contributed by atoms with Crippen LogP contribution in [0.3, 0.4) is 0 Å². The van der Waals surface area contributed by atoms with E-state index in [1.807, 2.05) is 0 Å². The summed E-state index contributed by atoms with van der Waals surface area (Å²) in [4.78, 5) is 0. The topological polar surface area (TPSA) is 20.2 Å². The standard InChI is InChI=1S/C6H13O.3C4H9.Sn/c1-2-3-4-5-6-7;3*1-3-4-2;/h6-7H,2-5H2,1H3;3*1,3-4H2,2H3;. The van der Waals surface area contributed by atoms with Gasteiger partial charge in [0.1, 0.15) is 0 Å². The van der Waals surface area contributed by atoms with E-state index in [0.29, 0.717) is 0 Å². The summed E-state index contributed by atoms with van der Waals surface area (Å²) < 4.78 is 4.47. The van der Waals surface area contributed by atoms with Gasteiger partial charge in [-0.15, -0.1) is 0 Å². The molecule has 1 nitrogen and oxygen atoms in total. The minimum absolute atomic E-state index is 0.139. The van der Waals surface area contributed by atoms with Crippen LogP contribution in [0.1, 0.15) is 91.9 Å². The summed E-state index contributed by atoms with van der Waals surface area (Å²) in [5.74, 6) is 0. The summed E-state index contributed by atoms with van der Waals surface area (Å²) in [6.07, 6.45) is 13.0. The Hall–Kier alpha value is 0.759. The second-order valence-corrected chi connectivity index (χ2v) is 20.6. The number of rotatable bonds is 14. The molecule has 0 rings (SSSR count). The summed E-state index contributed by atoms with van der Waals surface area (Å²) in [6, 6.07) is 0. The van der Waals surface area contributed by atoms with Gasteiger partial charge in [0.05, 0.1) is 0 Å². The molecule has 1 unspecified atom stereocenters. The molecule has 0 radical (unpaired) electrons. The summed E-state index contributed by atoms with van der Waals surface area (Å²) in [5.41, 5.74) is 0. The molecule has 0 fully saturated rings. The van der Waals surface area contributed by atoms with Crippen molar-refractivity contribution >= 4 is 18.4 Å². The Balaban J connectivity index is 4.71. The molecule has 0 saturated heterocycles. The molecule has 0 bridgehead atoms. The van der Waals surface area contributed by atoms with Crippen LogP contribution in [0.4, 0.5) is 0 Å². The fourth-order valence-corrected chi connectivity index (χ4v) is 19.7. The van der Waals surface area contributed by atoms with Crippen molar-refractivity contribution in [2.75, 3.05) is 0 Å². The maximum atomic E-state index is 11.0. The second-order valence-electron chi connectivity index (χ2n) is 6.68. The maximum absolute atomic E-state index is 11.0. The van der Waals surface area contributed by atoms with Crippen molar-refractivity contribution in [3.05, 3.63) is 0 Å². The first-order chi connectivity index (χ1) is 9.66. The first-order valence-electron chi connectivity index (χ1n) is 9.34. The Labute approximate surface area is 132 Å². The van der Waals surface area contributed by atoms with Crippen LogP contribution in [0.2, 0.25) is 13.3 Å². The first kappa shape index (κ1) is 20.8. The molecule has 0 amide bonds. The predicted octanol–water partition coefficient (Wildman–Crippen LogP) is 6.32. The summed E-state index contributed by atoms with van der Waals surface area (Å²) >= 11 is -2.31. The molecule has 2 heteroatoms. The van der Waals surface area contributed by atoms with Gasteiger partial charge in [-0.05, 0) is 0 Å². The molecule has 1 N–H and O–H groups in total. The molecular formula is C18H40OSn. The molecule has 0 aromatic rings. The average molecular weight is 391 g/mol. The van der Waals surface area contributed by atoms with E-state index in [4.69, 9.17) is 0 Å². The Morgan fingerprint density at radius 3 is 1.40 bits per heavy atom. The fourth-order valence-electron chi connectivity index (χ4n) is 3.36. The molecule has 122 valence electrons. The van der Waals surface area contributed by atoms with Crippen molar-refractivity contribution in [1.82, 2.24) is 0 Å². The third-order valence-corrected chi connectivity index (χ3v) is 21.3. The van der Waals surface area contributed by atoms with E-state index in [1.165, 1.54) is 71.1 Å². The number of aliphatic hydroxyl groups is 1. The molecule has 0 heterocycles. The molecule has 1 atom stereocenters. The van der Waals surface area contributed by atoms with E-state index in [2.05, 4.69) is 27.7 Å². The van der Waals surface area contributed by atoms with E-state index >= 15 is 0 Å². The summed E-state index contributed by atoms with van der Waals surface area (Å²) in [5, 5.41) is 11.0. The molecule has 0 aliphatic rings. The normalized spacial score (nSPS) is 13.7. The third kappa shape index (κ3) is 8.26. The van der Waals surface area contributed by atoms with Crippen LogP contribution < -0.4 is 0 Å². The zero-order chi connectivity index (χ0) is 15.3. The molecular weight excluding hydrogens is 351 g/mol. The summed E-state index contributed by atoms with van der Waals surface area (Å²) in [6.45, 7) is 9.17. The van der Waals surface area contributed by atoms with Crippen LogP contribution in [0.15, 0.2) is 0 Å². The van der Waals surface area contributed by atoms with Gasteiger partial charge in [-0.3, -0.25) is 0 Å². The van der Waals surface area contributed by atoms with E-state index in [1.54, 1.807) is 0 Å². The van der Waals surface area contributed by atoms with Crippen LogP contribution in [0.5, 0.6) is 0 Å². The van der Waals surface area contributed by atoms with Gasteiger partial charge in [-0.25, -0.2) is 0 Å². The summed E-state index contributed by atoms with van der Waals surface area (Å²) in [7, 11) is 0. The van der Waals surface area contributed by atoms with E-state index in [-0.39, 0.29) is 4.12 Å². The SMILES string of the molecule is CCCCC[CH](O)[Sn]([CH2]CCC)([CH2]CCC)[CH2]CCC. The van der Waals surface area contributed by atoms with Crippen LogP contribution in [0.25, 0.3) is 0 Å². The van der Waals surface area contributed by atoms with Gasteiger partial charge in [0.25, 0.3) is 0 Å². The number of hydrogen-bond donors (Lipinski definition) is 1. The van der Waals surface area contributed by atoms with Crippen LogP contribution in [-0.4, -0.2) is 27.6 Å². The van der Waals surface area contributed by atoms with E-state index < -0.39 is 18.4 Å². The van der Waals surface area contributed by atoms with Gasteiger partial charge in [-0.2, -0.15) is 0 Å². The van der Waals surface area contributed by atoms with Gasteiger partial charge >= 0.3 is 133 Å². The monoisotopic (exact) mass is 392 g/mol. The van der Waals surface area contributed by atoms with E-state index in [0.717, 1.165) is 6.42 Å².